The van der Waals surface area contributed by atoms with E-state index in [0.717, 1.165) is 12.6 Å². The van der Waals surface area contributed by atoms with Crippen LogP contribution in [0.3, 0.4) is 0 Å². The van der Waals surface area contributed by atoms with Gasteiger partial charge in [0, 0.05) is 19.1 Å². The summed E-state index contributed by atoms with van der Waals surface area (Å²) in [5, 5.41) is 3.58. The Hall–Kier alpha value is -1.18. The first-order chi connectivity index (χ1) is 8.45. The molecule has 1 aliphatic carbocycles. The molecular weight excluding hydrogens is 208 g/mol. The Labute approximate surface area is 104 Å². The number of rotatable bonds is 1. The molecule has 0 unspecified atom stereocenters. The maximum atomic E-state index is 3.58. The van der Waals surface area contributed by atoms with Crippen molar-refractivity contribution in [3.63, 3.8) is 0 Å². The number of para-hydroxylation sites is 2. The molecule has 92 valence electrons. The van der Waals surface area contributed by atoms with E-state index in [-0.39, 0.29) is 0 Å². The first kappa shape index (κ1) is 10.9. The van der Waals surface area contributed by atoms with Crippen LogP contribution in [0.5, 0.6) is 0 Å². The number of benzene rings is 1. The van der Waals surface area contributed by atoms with E-state index in [4.69, 9.17) is 0 Å². The highest BCUT2D eigenvalue weighted by Crippen LogP contribution is 2.34. The topological polar surface area (TPSA) is 15.3 Å². The van der Waals surface area contributed by atoms with Crippen LogP contribution < -0.4 is 10.2 Å². The Kier molecular flexibility index (Phi) is 3.21. The molecule has 1 fully saturated rings. The molecule has 0 spiro atoms. The summed E-state index contributed by atoms with van der Waals surface area (Å²) in [6.07, 6.45) is 8.20. The minimum absolute atomic E-state index is 0.788. The zero-order valence-corrected chi connectivity index (χ0v) is 10.5. The van der Waals surface area contributed by atoms with Crippen molar-refractivity contribution in [2.45, 2.75) is 44.6 Å². The minimum atomic E-state index is 0.788. The second kappa shape index (κ2) is 4.99. The number of anilines is 2. The molecule has 1 aliphatic heterocycles. The summed E-state index contributed by atoms with van der Waals surface area (Å²) in [4.78, 5) is 2.66. The van der Waals surface area contributed by atoms with Gasteiger partial charge in [-0.1, -0.05) is 25.0 Å². The quantitative estimate of drug-likeness (QED) is 0.792. The van der Waals surface area contributed by atoms with Crippen LogP contribution in [0.15, 0.2) is 24.3 Å². The third kappa shape index (κ3) is 2.26. The van der Waals surface area contributed by atoms with Gasteiger partial charge in [0.15, 0.2) is 0 Å². The molecule has 2 nitrogen and oxygen atoms in total. The summed E-state index contributed by atoms with van der Waals surface area (Å²) < 4.78 is 0. The van der Waals surface area contributed by atoms with E-state index >= 15 is 0 Å². The molecule has 0 atom stereocenters. The summed E-state index contributed by atoms with van der Waals surface area (Å²) in [7, 11) is 0. The van der Waals surface area contributed by atoms with Gasteiger partial charge in [-0.2, -0.15) is 0 Å². The molecular formula is C15H22N2. The van der Waals surface area contributed by atoms with E-state index in [1.807, 2.05) is 0 Å². The van der Waals surface area contributed by atoms with Gasteiger partial charge < -0.3 is 10.2 Å². The molecule has 0 aromatic heterocycles. The Morgan fingerprint density at radius 2 is 1.82 bits per heavy atom. The lowest BCUT2D eigenvalue weighted by Crippen LogP contribution is -2.35. The van der Waals surface area contributed by atoms with Crippen molar-refractivity contribution >= 4 is 11.4 Å². The standard InChI is InChI=1S/C15H22N2/c1-2-8-13(7-1)17-12-6-5-11-16-14-9-3-4-10-15(14)17/h3-4,9-10,13,16H,1-2,5-8,11-12H2. The van der Waals surface area contributed by atoms with E-state index in [1.54, 1.807) is 0 Å². The predicted molar refractivity (Wildman–Crippen MR) is 73.8 cm³/mol. The fourth-order valence-corrected chi connectivity index (χ4v) is 3.22. The van der Waals surface area contributed by atoms with Crippen molar-refractivity contribution in [3.8, 4) is 0 Å². The zero-order valence-electron chi connectivity index (χ0n) is 10.5. The average Bonchev–Trinajstić information content (AvgIpc) is 2.84. The summed E-state index contributed by atoms with van der Waals surface area (Å²) in [5.41, 5.74) is 2.76. The number of fused-ring (bicyclic) bond motifs is 1. The minimum Gasteiger partial charge on any atom is -0.383 e. The molecule has 0 bridgehead atoms. The van der Waals surface area contributed by atoms with Gasteiger partial charge in [-0.25, -0.2) is 0 Å². The third-order valence-corrected chi connectivity index (χ3v) is 4.12. The van der Waals surface area contributed by atoms with Gasteiger partial charge in [0.2, 0.25) is 0 Å². The lowest BCUT2D eigenvalue weighted by Gasteiger charge is -2.34. The Morgan fingerprint density at radius 3 is 2.71 bits per heavy atom. The third-order valence-electron chi connectivity index (χ3n) is 4.12. The molecule has 2 aliphatic rings. The summed E-state index contributed by atoms with van der Waals surface area (Å²) in [6.45, 7) is 2.36. The fourth-order valence-electron chi connectivity index (χ4n) is 3.22. The van der Waals surface area contributed by atoms with E-state index in [1.165, 1.54) is 56.4 Å². The number of nitrogens with one attached hydrogen (secondary N) is 1. The van der Waals surface area contributed by atoms with Gasteiger partial charge in [0.25, 0.3) is 0 Å². The molecule has 1 N–H and O–H groups in total. The SMILES string of the molecule is c1ccc2c(c1)NCCCCN2C1CCCC1. The predicted octanol–water partition coefficient (Wildman–Crippen LogP) is 3.64. The smallest absolute Gasteiger partial charge is 0.0604 e. The fraction of sp³-hybridized carbons (Fsp3) is 0.600. The van der Waals surface area contributed by atoms with E-state index < -0.39 is 0 Å². The van der Waals surface area contributed by atoms with Gasteiger partial charge in [-0.05, 0) is 37.8 Å². The van der Waals surface area contributed by atoms with Crippen LogP contribution in [-0.4, -0.2) is 19.1 Å². The van der Waals surface area contributed by atoms with Gasteiger partial charge in [-0.3, -0.25) is 0 Å². The molecule has 1 aromatic carbocycles. The molecule has 1 aromatic rings. The van der Waals surface area contributed by atoms with E-state index in [9.17, 15) is 0 Å². The van der Waals surface area contributed by atoms with Gasteiger partial charge >= 0.3 is 0 Å². The average molecular weight is 230 g/mol. The molecule has 2 heteroatoms. The number of nitrogens with zero attached hydrogens (tertiary/aromatic N) is 1. The van der Waals surface area contributed by atoms with Crippen LogP contribution in [0.1, 0.15) is 38.5 Å². The largest absolute Gasteiger partial charge is 0.383 e. The Morgan fingerprint density at radius 1 is 1.00 bits per heavy atom. The van der Waals surface area contributed by atoms with Crippen molar-refractivity contribution in [2.24, 2.45) is 0 Å². The molecule has 0 amide bonds. The van der Waals surface area contributed by atoms with Crippen molar-refractivity contribution in [2.75, 3.05) is 23.3 Å². The zero-order chi connectivity index (χ0) is 11.5. The number of hydrogen-bond donors (Lipinski definition) is 1. The highest BCUT2D eigenvalue weighted by Gasteiger charge is 2.24. The van der Waals surface area contributed by atoms with Crippen LogP contribution in [0.25, 0.3) is 0 Å². The van der Waals surface area contributed by atoms with Crippen LogP contribution in [0.4, 0.5) is 11.4 Å². The molecule has 3 rings (SSSR count). The van der Waals surface area contributed by atoms with Crippen LogP contribution in [0.2, 0.25) is 0 Å². The van der Waals surface area contributed by atoms with Crippen LogP contribution >= 0.6 is 0 Å². The van der Waals surface area contributed by atoms with E-state index in [2.05, 4.69) is 34.5 Å². The van der Waals surface area contributed by atoms with Crippen molar-refractivity contribution in [1.29, 1.82) is 0 Å². The lowest BCUT2D eigenvalue weighted by atomic mass is 10.1. The van der Waals surface area contributed by atoms with Crippen molar-refractivity contribution in [1.82, 2.24) is 0 Å². The highest BCUT2D eigenvalue weighted by molar-refractivity contribution is 5.70. The maximum Gasteiger partial charge on any atom is 0.0604 e. The first-order valence-electron chi connectivity index (χ1n) is 7.05. The Bertz CT molecular complexity index is 369. The summed E-state index contributed by atoms with van der Waals surface area (Å²) in [5.74, 6) is 0. The van der Waals surface area contributed by atoms with Crippen molar-refractivity contribution < 1.29 is 0 Å². The van der Waals surface area contributed by atoms with E-state index in [0.29, 0.717) is 0 Å². The molecule has 0 saturated heterocycles. The van der Waals surface area contributed by atoms with Gasteiger partial charge in [0.1, 0.15) is 0 Å². The normalized spacial score (nSPS) is 21.5. The monoisotopic (exact) mass is 230 g/mol. The van der Waals surface area contributed by atoms with Crippen LogP contribution in [-0.2, 0) is 0 Å². The second-order valence-electron chi connectivity index (χ2n) is 5.28. The molecule has 1 heterocycles. The van der Waals surface area contributed by atoms with Gasteiger partial charge in [0.05, 0.1) is 11.4 Å². The first-order valence-corrected chi connectivity index (χ1v) is 7.05. The number of hydrogen-bond acceptors (Lipinski definition) is 2. The molecule has 17 heavy (non-hydrogen) atoms. The maximum absolute atomic E-state index is 3.58. The molecule has 1 saturated carbocycles. The highest BCUT2D eigenvalue weighted by atomic mass is 15.2. The molecule has 0 radical (unpaired) electrons. The van der Waals surface area contributed by atoms with Crippen molar-refractivity contribution in [3.05, 3.63) is 24.3 Å². The lowest BCUT2D eigenvalue weighted by molar-refractivity contribution is 0.580. The second-order valence-corrected chi connectivity index (χ2v) is 5.28. The Balaban J connectivity index is 1.91. The summed E-state index contributed by atoms with van der Waals surface area (Å²) >= 11 is 0. The van der Waals surface area contributed by atoms with Crippen LogP contribution in [0, 0.1) is 0 Å². The van der Waals surface area contributed by atoms with Gasteiger partial charge in [-0.15, -0.1) is 0 Å². The summed E-state index contributed by atoms with van der Waals surface area (Å²) in [6, 6.07) is 9.61.